The maximum Gasteiger partial charge on any atom is 0.245 e. The number of carbonyl (C=O) groups is 3. The third-order valence-corrected chi connectivity index (χ3v) is 5.33. The molecule has 8 heteroatoms. The number of hydrogen-bond donors (Lipinski definition) is 5. The molecule has 0 saturated heterocycles. The molecule has 27 heavy (non-hydrogen) atoms. The van der Waals surface area contributed by atoms with Gasteiger partial charge in [-0.2, -0.15) is 0 Å². The highest BCUT2D eigenvalue weighted by Crippen LogP contribution is 2.27. The minimum atomic E-state index is -1.14. The van der Waals surface area contributed by atoms with Crippen LogP contribution in [0.2, 0.25) is 0 Å². The lowest BCUT2D eigenvalue weighted by atomic mass is 9.82. The van der Waals surface area contributed by atoms with Gasteiger partial charge in [-0.05, 0) is 32.1 Å². The second-order valence-corrected chi connectivity index (χ2v) is 7.50. The Kier molecular flexibility index (Phi) is 10.5. The molecule has 1 aliphatic rings. The van der Waals surface area contributed by atoms with Crippen LogP contribution in [0.1, 0.15) is 65.2 Å². The summed E-state index contributed by atoms with van der Waals surface area (Å²) in [5, 5.41) is 14.9. The van der Waals surface area contributed by atoms with E-state index in [2.05, 4.69) is 10.6 Å². The van der Waals surface area contributed by atoms with Gasteiger partial charge in [-0.3, -0.25) is 14.4 Å². The van der Waals surface area contributed by atoms with Crippen molar-refractivity contribution in [2.24, 2.45) is 17.4 Å². The summed E-state index contributed by atoms with van der Waals surface area (Å²) in [6, 6.07) is -1.99. The van der Waals surface area contributed by atoms with E-state index in [0.29, 0.717) is 12.3 Å². The fraction of sp³-hybridized carbons (Fsp3) is 0.842. The Hall–Kier alpha value is -1.51. The normalized spacial score (nSPS) is 19.6. The first-order valence-corrected chi connectivity index (χ1v) is 10.1. The molecule has 7 N–H and O–H groups in total. The van der Waals surface area contributed by atoms with Gasteiger partial charge in [0.2, 0.25) is 11.8 Å². The lowest BCUT2D eigenvalue weighted by Crippen LogP contribution is -2.57. The monoisotopic (exact) mass is 384 g/mol. The number of nitrogens with two attached hydrogens (primary N) is 2. The molecule has 0 aromatic heterocycles. The number of rotatable bonds is 11. The molecule has 0 radical (unpaired) electrons. The van der Waals surface area contributed by atoms with Gasteiger partial charge < -0.3 is 27.2 Å². The molecular formula is C19H36N4O4. The molecule has 1 rings (SSSR count). The Morgan fingerprint density at radius 2 is 1.78 bits per heavy atom. The van der Waals surface area contributed by atoms with Gasteiger partial charge in [-0.25, -0.2) is 0 Å². The van der Waals surface area contributed by atoms with Crippen molar-refractivity contribution in [1.29, 1.82) is 0 Å². The van der Waals surface area contributed by atoms with Crippen LogP contribution in [0.5, 0.6) is 0 Å². The van der Waals surface area contributed by atoms with Crippen molar-refractivity contribution in [1.82, 2.24) is 10.6 Å². The predicted octanol–water partition coefficient (Wildman–Crippen LogP) is -0.0376. The lowest BCUT2D eigenvalue weighted by Gasteiger charge is -2.28. The molecule has 0 aromatic carbocycles. The fourth-order valence-electron chi connectivity index (χ4n) is 3.53. The van der Waals surface area contributed by atoms with Gasteiger partial charge in [0.25, 0.3) is 0 Å². The SMILES string of the molecule is CCC(=O)[C@H](CN)NC(=O)[C@@H](NC(=O)CCC(N)C1CCCCC1)C(C)O. The average Bonchev–Trinajstić information content (AvgIpc) is 2.67. The van der Waals surface area contributed by atoms with Crippen LogP contribution < -0.4 is 22.1 Å². The summed E-state index contributed by atoms with van der Waals surface area (Å²) in [6.07, 6.45) is 5.72. The third-order valence-electron chi connectivity index (χ3n) is 5.33. The number of aliphatic hydroxyl groups excluding tert-OH is 1. The van der Waals surface area contributed by atoms with Crippen molar-refractivity contribution < 1.29 is 19.5 Å². The van der Waals surface area contributed by atoms with Crippen LogP contribution in [0.4, 0.5) is 0 Å². The first-order chi connectivity index (χ1) is 12.8. The smallest absolute Gasteiger partial charge is 0.245 e. The van der Waals surface area contributed by atoms with Gasteiger partial charge in [0, 0.05) is 25.4 Å². The molecule has 0 bridgehead atoms. The Morgan fingerprint density at radius 3 is 2.30 bits per heavy atom. The minimum Gasteiger partial charge on any atom is -0.391 e. The Labute approximate surface area is 161 Å². The van der Waals surface area contributed by atoms with E-state index in [-0.39, 0.29) is 37.1 Å². The zero-order chi connectivity index (χ0) is 20.4. The standard InChI is InChI=1S/C19H36N4O4/c1-3-16(25)15(11-20)22-19(27)18(12(2)24)23-17(26)10-9-14(21)13-7-5-4-6-8-13/h12-15,18,24H,3-11,20-21H2,1-2H3,(H,22,27)(H,23,26)/t12?,14?,15-,18-/m0/s1. The molecule has 1 saturated carbocycles. The van der Waals surface area contributed by atoms with E-state index in [1.807, 2.05) is 0 Å². The maximum atomic E-state index is 12.4. The van der Waals surface area contributed by atoms with Crippen LogP contribution >= 0.6 is 0 Å². The summed E-state index contributed by atoms with van der Waals surface area (Å²) in [7, 11) is 0. The fourth-order valence-corrected chi connectivity index (χ4v) is 3.53. The van der Waals surface area contributed by atoms with E-state index in [4.69, 9.17) is 11.5 Å². The van der Waals surface area contributed by atoms with Crippen LogP contribution in [0.3, 0.4) is 0 Å². The van der Waals surface area contributed by atoms with Crippen molar-refractivity contribution in [3.05, 3.63) is 0 Å². The summed E-state index contributed by atoms with van der Waals surface area (Å²) in [5.41, 5.74) is 11.7. The van der Waals surface area contributed by atoms with Crippen LogP contribution in [-0.2, 0) is 14.4 Å². The number of nitrogens with one attached hydrogen (secondary N) is 2. The summed E-state index contributed by atoms with van der Waals surface area (Å²) >= 11 is 0. The zero-order valence-corrected chi connectivity index (χ0v) is 16.6. The van der Waals surface area contributed by atoms with Gasteiger partial charge in [-0.1, -0.05) is 26.2 Å². The zero-order valence-electron chi connectivity index (χ0n) is 16.6. The van der Waals surface area contributed by atoms with Gasteiger partial charge in [0.05, 0.1) is 12.1 Å². The highest BCUT2D eigenvalue weighted by molar-refractivity contribution is 5.93. The van der Waals surface area contributed by atoms with E-state index in [9.17, 15) is 19.5 Å². The second-order valence-electron chi connectivity index (χ2n) is 7.50. The minimum absolute atomic E-state index is 0.0290. The van der Waals surface area contributed by atoms with E-state index in [1.165, 1.54) is 26.2 Å². The van der Waals surface area contributed by atoms with Crippen molar-refractivity contribution in [2.75, 3.05) is 6.54 Å². The van der Waals surface area contributed by atoms with Crippen LogP contribution in [-0.4, -0.2) is 53.5 Å². The van der Waals surface area contributed by atoms with Crippen LogP contribution in [0, 0.1) is 5.92 Å². The molecule has 0 aromatic rings. The molecule has 0 heterocycles. The molecule has 1 aliphatic carbocycles. The van der Waals surface area contributed by atoms with E-state index < -0.39 is 24.1 Å². The molecule has 4 atom stereocenters. The largest absolute Gasteiger partial charge is 0.391 e. The molecule has 1 fully saturated rings. The highest BCUT2D eigenvalue weighted by atomic mass is 16.3. The molecule has 156 valence electrons. The molecule has 2 amide bonds. The summed E-state index contributed by atoms with van der Waals surface area (Å²) < 4.78 is 0. The lowest BCUT2D eigenvalue weighted by molar-refractivity contribution is -0.133. The molecule has 0 spiro atoms. The van der Waals surface area contributed by atoms with Crippen molar-refractivity contribution >= 4 is 17.6 Å². The number of amides is 2. The molecular weight excluding hydrogens is 348 g/mol. The summed E-state index contributed by atoms with van der Waals surface area (Å²) in [5.74, 6) is -0.701. The first kappa shape index (κ1) is 23.5. The number of hydrogen-bond acceptors (Lipinski definition) is 6. The molecule has 2 unspecified atom stereocenters. The second kappa shape index (κ2) is 12.0. The summed E-state index contributed by atoms with van der Waals surface area (Å²) in [6.45, 7) is 3.06. The van der Waals surface area contributed by atoms with Crippen molar-refractivity contribution in [3.63, 3.8) is 0 Å². The van der Waals surface area contributed by atoms with E-state index in [0.717, 1.165) is 12.8 Å². The summed E-state index contributed by atoms with van der Waals surface area (Å²) in [4.78, 5) is 36.4. The van der Waals surface area contributed by atoms with Crippen molar-refractivity contribution in [3.8, 4) is 0 Å². The predicted molar refractivity (Wildman–Crippen MR) is 104 cm³/mol. The average molecular weight is 385 g/mol. The van der Waals surface area contributed by atoms with Crippen molar-refractivity contribution in [2.45, 2.75) is 89.4 Å². The van der Waals surface area contributed by atoms with E-state index in [1.54, 1.807) is 6.92 Å². The maximum absolute atomic E-state index is 12.4. The topological polar surface area (TPSA) is 148 Å². The number of ketones is 1. The Morgan fingerprint density at radius 1 is 1.15 bits per heavy atom. The van der Waals surface area contributed by atoms with Crippen LogP contribution in [0.15, 0.2) is 0 Å². The van der Waals surface area contributed by atoms with Gasteiger partial charge in [0.1, 0.15) is 6.04 Å². The quantitative estimate of drug-likeness (QED) is 0.338. The van der Waals surface area contributed by atoms with Gasteiger partial charge in [0.15, 0.2) is 5.78 Å². The number of carbonyl (C=O) groups excluding carboxylic acids is 3. The van der Waals surface area contributed by atoms with Gasteiger partial charge in [-0.15, -0.1) is 0 Å². The third kappa shape index (κ3) is 7.94. The van der Waals surface area contributed by atoms with Crippen LogP contribution in [0.25, 0.3) is 0 Å². The Balaban J connectivity index is 2.53. The Bertz CT molecular complexity index is 492. The number of Topliss-reactive ketones (excluding diaryl/α,β-unsaturated/α-hetero) is 1. The number of aliphatic hydroxyl groups is 1. The molecule has 8 nitrogen and oxygen atoms in total. The highest BCUT2D eigenvalue weighted by Gasteiger charge is 2.29. The van der Waals surface area contributed by atoms with Gasteiger partial charge >= 0.3 is 0 Å². The van der Waals surface area contributed by atoms with E-state index >= 15 is 0 Å². The molecule has 0 aliphatic heterocycles. The first-order valence-electron chi connectivity index (χ1n) is 10.1.